The number of rotatable bonds is 2. The molecular formula is C9H17N. The molecule has 2 saturated carbocycles. The largest absolute Gasteiger partial charge is 0.325 e. The van der Waals surface area contributed by atoms with Crippen LogP contribution in [-0.4, -0.2) is 5.54 Å². The maximum absolute atomic E-state index is 6.17. The zero-order valence-corrected chi connectivity index (χ0v) is 6.93. The van der Waals surface area contributed by atoms with Gasteiger partial charge in [-0.2, -0.15) is 0 Å². The number of hydrogen-bond acceptors (Lipinski definition) is 1. The molecule has 10 heavy (non-hydrogen) atoms. The van der Waals surface area contributed by atoms with E-state index in [1.165, 1.54) is 19.3 Å². The Bertz CT molecular complexity index is 149. The minimum absolute atomic E-state index is 0.251. The molecule has 1 nitrogen and oxygen atoms in total. The maximum atomic E-state index is 6.17. The molecule has 2 aliphatic carbocycles. The van der Waals surface area contributed by atoms with Crippen molar-refractivity contribution in [3.05, 3.63) is 0 Å². The Morgan fingerprint density at radius 3 is 2.30 bits per heavy atom. The molecule has 2 N–H and O–H groups in total. The van der Waals surface area contributed by atoms with Crippen LogP contribution in [0.3, 0.4) is 0 Å². The lowest BCUT2D eigenvalue weighted by atomic mass is 9.99. The van der Waals surface area contributed by atoms with Crippen LogP contribution >= 0.6 is 0 Å². The SMILES string of the molecule is CC(C)C1(N)CC1C1CC1. The van der Waals surface area contributed by atoms with Gasteiger partial charge in [0.2, 0.25) is 0 Å². The van der Waals surface area contributed by atoms with Crippen molar-refractivity contribution in [1.82, 2.24) is 0 Å². The molecule has 0 amide bonds. The fourth-order valence-electron chi connectivity index (χ4n) is 2.09. The third-order valence-corrected chi connectivity index (χ3v) is 3.37. The van der Waals surface area contributed by atoms with Gasteiger partial charge in [-0.3, -0.25) is 0 Å². The van der Waals surface area contributed by atoms with E-state index < -0.39 is 0 Å². The van der Waals surface area contributed by atoms with Crippen molar-refractivity contribution in [3.8, 4) is 0 Å². The van der Waals surface area contributed by atoms with E-state index in [4.69, 9.17) is 5.73 Å². The Labute approximate surface area is 63.0 Å². The van der Waals surface area contributed by atoms with Gasteiger partial charge in [0, 0.05) is 5.54 Å². The summed E-state index contributed by atoms with van der Waals surface area (Å²) in [5, 5.41) is 0. The number of hydrogen-bond donors (Lipinski definition) is 1. The molecule has 0 radical (unpaired) electrons. The van der Waals surface area contributed by atoms with E-state index in [2.05, 4.69) is 13.8 Å². The Hall–Kier alpha value is -0.0400. The standard InChI is InChI=1S/C9H17N/c1-6(2)9(10)5-8(9)7-3-4-7/h6-8H,3-5,10H2,1-2H3. The molecule has 1 heteroatoms. The monoisotopic (exact) mass is 139 g/mol. The van der Waals surface area contributed by atoms with E-state index in [0.29, 0.717) is 5.92 Å². The third-order valence-electron chi connectivity index (χ3n) is 3.37. The summed E-state index contributed by atoms with van der Waals surface area (Å²) >= 11 is 0. The summed E-state index contributed by atoms with van der Waals surface area (Å²) in [5.41, 5.74) is 6.43. The molecule has 2 unspecified atom stereocenters. The van der Waals surface area contributed by atoms with Crippen LogP contribution in [0, 0.1) is 17.8 Å². The Morgan fingerprint density at radius 1 is 1.40 bits per heavy atom. The second kappa shape index (κ2) is 1.76. The fourth-order valence-corrected chi connectivity index (χ4v) is 2.09. The quantitative estimate of drug-likeness (QED) is 0.620. The van der Waals surface area contributed by atoms with Crippen LogP contribution in [0.5, 0.6) is 0 Å². The van der Waals surface area contributed by atoms with Gasteiger partial charge in [0.15, 0.2) is 0 Å². The summed E-state index contributed by atoms with van der Waals surface area (Å²) in [5.74, 6) is 2.61. The Balaban J connectivity index is 1.96. The molecule has 0 heterocycles. The highest BCUT2D eigenvalue weighted by molar-refractivity contribution is 5.14. The summed E-state index contributed by atoms with van der Waals surface area (Å²) in [4.78, 5) is 0. The molecule has 2 fully saturated rings. The summed E-state index contributed by atoms with van der Waals surface area (Å²) in [6.07, 6.45) is 4.21. The average molecular weight is 139 g/mol. The van der Waals surface area contributed by atoms with Crippen molar-refractivity contribution in [3.63, 3.8) is 0 Å². The first-order valence-corrected chi connectivity index (χ1v) is 4.43. The molecule has 2 atom stereocenters. The van der Waals surface area contributed by atoms with Gasteiger partial charge in [-0.15, -0.1) is 0 Å². The van der Waals surface area contributed by atoms with Gasteiger partial charge in [0.05, 0.1) is 0 Å². The molecule has 0 bridgehead atoms. The van der Waals surface area contributed by atoms with Crippen LogP contribution in [0.25, 0.3) is 0 Å². The topological polar surface area (TPSA) is 26.0 Å². The Kier molecular flexibility index (Phi) is 1.17. The van der Waals surface area contributed by atoms with Gasteiger partial charge >= 0.3 is 0 Å². The molecule has 2 rings (SSSR count). The first kappa shape index (κ1) is 6.66. The molecule has 0 saturated heterocycles. The van der Waals surface area contributed by atoms with Gasteiger partial charge in [-0.05, 0) is 37.0 Å². The first-order chi connectivity index (χ1) is 4.64. The van der Waals surface area contributed by atoms with Gasteiger partial charge in [0.25, 0.3) is 0 Å². The lowest BCUT2D eigenvalue weighted by molar-refractivity contribution is 0.421. The summed E-state index contributed by atoms with van der Waals surface area (Å²) < 4.78 is 0. The lowest BCUT2D eigenvalue weighted by Crippen LogP contribution is -2.31. The molecule has 0 aromatic carbocycles. The Morgan fingerprint density at radius 2 is 2.00 bits per heavy atom. The van der Waals surface area contributed by atoms with Gasteiger partial charge < -0.3 is 5.73 Å². The van der Waals surface area contributed by atoms with E-state index in [1.54, 1.807) is 0 Å². The van der Waals surface area contributed by atoms with Gasteiger partial charge in [-0.25, -0.2) is 0 Å². The smallest absolute Gasteiger partial charge is 0.0212 e. The van der Waals surface area contributed by atoms with Crippen LogP contribution in [0.4, 0.5) is 0 Å². The predicted molar refractivity (Wildman–Crippen MR) is 42.6 cm³/mol. The molecule has 58 valence electrons. The summed E-state index contributed by atoms with van der Waals surface area (Å²) in [6.45, 7) is 4.50. The summed E-state index contributed by atoms with van der Waals surface area (Å²) in [6, 6.07) is 0. The number of nitrogens with two attached hydrogens (primary N) is 1. The van der Waals surface area contributed by atoms with Crippen molar-refractivity contribution >= 4 is 0 Å². The maximum Gasteiger partial charge on any atom is 0.0212 e. The fraction of sp³-hybridized carbons (Fsp3) is 1.00. The second-order valence-corrected chi connectivity index (χ2v) is 4.42. The van der Waals surface area contributed by atoms with Crippen molar-refractivity contribution in [1.29, 1.82) is 0 Å². The second-order valence-electron chi connectivity index (χ2n) is 4.42. The molecule has 0 aromatic heterocycles. The van der Waals surface area contributed by atoms with Crippen LogP contribution in [0.2, 0.25) is 0 Å². The van der Waals surface area contributed by atoms with Crippen molar-refractivity contribution < 1.29 is 0 Å². The van der Waals surface area contributed by atoms with Crippen LogP contribution < -0.4 is 5.73 Å². The van der Waals surface area contributed by atoms with Crippen LogP contribution in [0.1, 0.15) is 33.1 Å². The average Bonchev–Trinajstić information content (AvgIpc) is 2.57. The summed E-state index contributed by atoms with van der Waals surface area (Å²) in [7, 11) is 0. The minimum atomic E-state index is 0.251. The highest BCUT2D eigenvalue weighted by Crippen LogP contribution is 2.58. The molecule has 0 spiro atoms. The van der Waals surface area contributed by atoms with Gasteiger partial charge in [0.1, 0.15) is 0 Å². The zero-order valence-electron chi connectivity index (χ0n) is 6.93. The van der Waals surface area contributed by atoms with E-state index >= 15 is 0 Å². The third kappa shape index (κ3) is 0.800. The normalized spacial score (nSPS) is 46.2. The highest BCUT2D eigenvalue weighted by Gasteiger charge is 2.58. The predicted octanol–water partition coefficient (Wildman–Crippen LogP) is 1.77. The van der Waals surface area contributed by atoms with Crippen molar-refractivity contribution in [2.45, 2.75) is 38.6 Å². The van der Waals surface area contributed by atoms with Crippen LogP contribution in [-0.2, 0) is 0 Å². The van der Waals surface area contributed by atoms with Crippen molar-refractivity contribution in [2.24, 2.45) is 23.5 Å². The highest BCUT2D eigenvalue weighted by atomic mass is 14.9. The zero-order chi connectivity index (χ0) is 7.35. The van der Waals surface area contributed by atoms with E-state index in [0.717, 1.165) is 11.8 Å². The lowest BCUT2D eigenvalue weighted by Gasteiger charge is -2.15. The van der Waals surface area contributed by atoms with E-state index in [-0.39, 0.29) is 5.54 Å². The molecule has 2 aliphatic rings. The van der Waals surface area contributed by atoms with Crippen molar-refractivity contribution in [2.75, 3.05) is 0 Å². The molecule has 0 aromatic rings. The molecule has 0 aliphatic heterocycles. The van der Waals surface area contributed by atoms with E-state index in [1.807, 2.05) is 0 Å². The molecular weight excluding hydrogens is 122 g/mol. The van der Waals surface area contributed by atoms with Gasteiger partial charge in [-0.1, -0.05) is 13.8 Å². The first-order valence-electron chi connectivity index (χ1n) is 4.43. The minimum Gasteiger partial charge on any atom is -0.325 e. The van der Waals surface area contributed by atoms with E-state index in [9.17, 15) is 0 Å². The van der Waals surface area contributed by atoms with Crippen LogP contribution in [0.15, 0.2) is 0 Å².